The molecule has 4 rings (SSSR count). The lowest BCUT2D eigenvalue weighted by Gasteiger charge is -2.29. The van der Waals surface area contributed by atoms with E-state index in [4.69, 9.17) is 4.52 Å². The summed E-state index contributed by atoms with van der Waals surface area (Å²) in [6.07, 6.45) is 6.04. The molecule has 2 N–H and O–H groups in total. The molecular weight excluding hydrogens is 268 g/mol. The third-order valence-corrected chi connectivity index (χ3v) is 4.58. The molecule has 110 valence electrons. The average molecular weight is 286 g/mol. The Hall–Kier alpha value is -1.95. The first-order valence-corrected chi connectivity index (χ1v) is 7.48. The van der Waals surface area contributed by atoms with Crippen LogP contribution in [0.3, 0.4) is 0 Å². The summed E-state index contributed by atoms with van der Waals surface area (Å²) in [5, 5.41) is 11.4. The Morgan fingerprint density at radius 2 is 2.14 bits per heavy atom. The maximum atomic E-state index is 12.4. The standard InChI is InChI=1S/C15H18N4O2/c1-8-13-4-9(7-16-15(13)21-19-8)14(20)18-12-5-10-2-3-11(6-12)17-10/h4,7,10-12,17H,2-3,5-6H2,1H3,(H,18,20). The first kappa shape index (κ1) is 12.8. The maximum Gasteiger partial charge on any atom is 0.257 e. The summed E-state index contributed by atoms with van der Waals surface area (Å²) in [4.78, 5) is 16.6. The zero-order chi connectivity index (χ0) is 14.4. The molecule has 6 heteroatoms. The van der Waals surface area contributed by atoms with Crippen molar-refractivity contribution in [2.45, 2.75) is 50.7 Å². The molecule has 2 aromatic heterocycles. The lowest BCUT2D eigenvalue weighted by atomic mass is 9.99. The van der Waals surface area contributed by atoms with Gasteiger partial charge in [-0.25, -0.2) is 4.98 Å². The van der Waals surface area contributed by atoms with E-state index in [1.54, 1.807) is 12.3 Å². The summed E-state index contributed by atoms with van der Waals surface area (Å²) >= 11 is 0. The van der Waals surface area contributed by atoms with Gasteiger partial charge in [-0.2, -0.15) is 0 Å². The van der Waals surface area contributed by atoms with E-state index < -0.39 is 0 Å². The smallest absolute Gasteiger partial charge is 0.257 e. The van der Waals surface area contributed by atoms with Crippen molar-refractivity contribution >= 4 is 17.0 Å². The molecule has 4 heterocycles. The molecule has 2 saturated heterocycles. The zero-order valence-corrected chi connectivity index (χ0v) is 11.9. The van der Waals surface area contributed by atoms with Crippen LogP contribution in [-0.4, -0.2) is 34.2 Å². The van der Waals surface area contributed by atoms with Crippen LogP contribution in [-0.2, 0) is 0 Å². The van der Waals surface area contributed by atoms with Crippen molar-refractivity contribution in [3.63, 3.8) is 0 Å². The minimum absolute atomic E-state index is 0.0590. The lowest BCUT2D eigenvalue weighted by Crippen LogP contribution is -2.48. The number of hydrogen-bond donors (Lipinski definition) is 2. The number of hydrogen-bond acceptors (Lipinski definition) is 5. The monoisotopic (exact) mass is 286 g/mol. The van der Waals surface area contributed by atoms with Crippen molar-refractivity contribution in [1.29, 1.82) is 0 Å². The van der Waals surface area contributed by atoms with E-state index >= 15 is 0 Å². The van der Waals surface area contributed by atoms with E-state index in [-0.39, 0.29) is 11.9 Å². The Morgan fingerprint density at radius 3 is 2.90 bits per heavy atom. The number of nitrogens with zero attached hydrogens (tertiary/aromatic N) is 2. The number of carbonyl (C=O) groups excluding carboxylic acids is 1. The van der Waals surface area contributed by atoms with Gasteiger partial charge in [0.15, 0.2) is 0 Å². The third kappa shape index (κ3) is 2.29. The van der Waals surface area contributed by atoms with Crippen molar-refractivity contribution < 1.29 is 9.32 Å². The van der Waals surface area contributed by atoms with Gasteiger partial charge in [0.2, 0.25) is 0 Å². The Morgan fingerprint density at radius 1 is 1.38 bits per heavy atom. The summed E-state index contributed by atoms with van der Waals surface area (Å²) in [5.41, 5.74) is 1.80. The molecular formula is C15H18N4O2. The molecule has 2 atom stereocenters. The van der Waals surface area contributed by atoms with Crippen molar-refractivity contribution in [3.05, 3.63) is 23.5 Å². The Balaban J connectivity index is 1.52. The molecule has 0 aromatic carbocycles. The first-order chi connectivity index (χ1) is 10.2. The van der Waals surface area contributed by atoms with Gasteiger partial charge in [0.1, 0.15) is 0 Å². The Kier molecular flexibility index (Phi) is 2.92. The first-order valence-electron chi connectivity index (χ1n) is 7.48. The fourth-order valence-electron chi connectivity index (χ4n) is 3.51. The minimum Gasteiger partial charge on any atom is -0.349 e. The molecule has 2 aromatic rings. The van der Waals surface area contributed by atoms with Crippen LogP contribution in [0, 0.1) is 6.92 Å². The van der Waals surface area contributed by atoms with E-state index in [0.29, 0.717) is 23.4 Å². The summed E-state index contributed by atoms with van der Waals surface area (Å²) < 4.78 is 5.07. The van der Waals surface area contributed by atoms with Gasteiger partial charge in [0.05, 0.1) is 16.6 Å². The molecule has 2 fully saturated rings. The fraction of sp³-hybridized carbons (Fsp3) is 0.533. The highest BCUT2D eigenvalue weighted by Gasteiger charge is 2.34. The van der Waals surface area contributed by atoms with Gasteiger partial charge in [-0.3, -0.25) is 4.79 Å². The number of amides is 1. The van der Waals surface area contributed by atoms with E-state index in [9.17, 15) is 4.79 Å². The third-order valence-electron chi connectivity index (χ3n) is 4.58. The molecule has 0 saturated carbocycles. The van der Waals surface area contributed by atoms with E-state index in [0.717, 1.165) is 23.9 Å². The fourth-order valence-corrected chi connectivity index (χ4v) is 3.51. The normalized spacial score (nSPS) is 28.0. The second-order valence-corrected chi connectivity index (χ2v) is 6.12. The number of nitrogens with one attached hydrogen (secondary N) is 2. The summed E-state index contributed by atoms with van der Waals surface area (Å²) in [6.45, 7) is 1.85. The number of piperidine rings is 1. The van der Waals surface area contributed by atoms with E-state index in [1.165, 1.54) is 12.8 Å². The predicted molar refractivity (Wildman–Crippen MR) is 77.0 cm³/mol. The summed E-state index contributed by atoms with van der Waals surface area (Å²) in [7, 11) is 0. The van der Waals surface area contributed by atoms with Gasteiger partial charge >= 0.3 is 0 Å². The average Bonchev–Trinajstić information content (AvgIpc) is 3.02. The Bertz CT molecular complexity index is 684. The van der Waals surface area contributed by atoms with Gasteiger partial charge < -0.3 is 15.2 Å². The number of aromatic nitrogens is 2. The summed E-state index contributed by atoms with van der Waals surface area (Å²) in [5.74, 6) is -0.0590. The van der Waals surface area contributed by atoms with E-state index in [2.05, 4.69) is 20.8 Å². The van der Waals surface area contributed by atoms with Crippen LogP contribution in [0.2, 0.25) is 0 Å². The van der Waals surface area contributed by atoms with Crippen LogP contribution >= 0.6 is 0 Å². The number of aryl methyl sites for hydroxylation is 1. The molecule has 1 amide bonds. The second kappa shape index (κ2) is 4.80. The van der Waals surface area contributed by atoms with Crippen LogP contribution in [0.1, 0.15) is 41.7 Å². The molecule has 0 aliphatic carbocycles. The second-order valence-electron chi connectivity index (χ2n) is 6.12. The van der Waals surface area contributed by atoms with Gasteiger partial charge in [-0.1, -0.05) is 5.16 Å². The number of carbonyl (C=O) groups is 1. The zero-order valence-electron chi connectivity index (χ0n) is 11.9. The van der Waals surface area contributed by atoms with Crippen molar-refractivity contribution in [2.24, 2.45) is 0 Å². The molecule has 2 unspecified atom stereocenters. The van der Waals surface area contributed by atoms with Crippen LogP contribution in [0.15, 0.2) is 16.8 Å². The lowest BCUT2D eigenvalue weighted by molar-refractivity contribution is 0.0924. The molecule has 6 nitrogen and oxygen atoms in total. The van der Waals surface area contributed by atoms with E-state index in [1.807, 2.05) is 6.92 Å². The largest absolute Gasteiger partial charge is 0.349 e. The predicted octanol–water partition coefficient (Wildman–Crippen LogP) is 1.54. The SMILES string of the molecule is Cc1noc2ncc(C(=O)NC3CC4CCC(C3)N4)cc12. The van der Waals surface area contributed by atoms with Gasteiger partial charge in [-0.05, 0) is 38.7 Å². The van der Waals surface area contributed by atoms with Gasteiger partial charge in [0.25, 0.3) is 11.6 Å². The van der Waals surface area contributed by atoms with Crippen LogP contribution in [0.25, 0.3) is 11.1 Å². The highest BCUT2D eigenvalue weighted by molar-refractivity contribution is 5.97. The number of rotatable bonds is 2. The molecule has 0 radical (unpaired) electrons. The minimum atomic E-state index is -0.0590. The molecule has 21 heavy (non-hydrogen) atoms. The number of fused-ring (bicyclic) bond motifs is 3. The van der Waals surface area contributed by atoms with Crippen molar-refractivity contribution in [1.82, 2.24) is 20.8 Å². The van der Waals surface area contributed by atoms with Crippen LogP contribution < -0.4 is 10.6 Å². The van der Waals surface area contributed by atoms with Crippen molar-refractivity contribution in [3.8, 4) is 0 Å². The topological polar surface area (TPSA) is 80.0 Å². The highest BCUT2D eigenvalue weighted by Crippen LogP contribution is 2.27. The highest BCUT2D eigenvalue weighted by atomic mass is 16.5. The van der Waals surface area contributed by atoms with Gasteiger partial charge in [-0.15, -0.1) is 0 Å². The van der Waals surface area contributed by atoms with Gasteiger partial charge in [0, 0.05) is 24.3 Å². The number of pyridine rings is 1. The quantitative estimate of drug-likeness (QED) is 0.875. The molecule has 2 aliphatic rings. The molecule has 0 spiro atoms. The van der Waals surface area contributed by atoms with Crippen LogP contribution in [0.4, 0.5) is 0 Å². The maximum absolute atomic E-state index is 12.4. The molecule has 2 aliphatic heterocycles. The molecule has 2 bridgehead atoms. The van der Waals surface area contributed by atoms with Crippen LogP contribution in [0.5, 0.6) is 0 Å². The summed E-state index contributed by atoms with van der Waals surface area (Å²) in [6, 6.07) is 3.19. The van der Waals surface area contributed by atoms with Crippen molar-refractivity contribution in [2.75, 3.05) is 0 Å². The Labute approximate surface area is 122 Å².